The van der Waals surface area contributed by atoms with E-state index in [9.17, 15) is 9.18 Å². The molecule has 0 unspecified atom stereocenters. The summed E-state index contributed by atoms with van der Waals surface area (Å²) < 4.78 is 16.8. The number of hydrazone groups is 1. The maximum absolute atomic E-state index is 12.5. The predicted octanol–water partition coefficient (Wildman–Crippen LogP) is 1.96. The molecule has 0 heterocycles. The standard InChI is InChI=1S/C9H8ClFN2O2/c1-15-9(14)8(10)13-12-7-4-2-6(11)3-5-7/h2-5,12H,1H3. The van der Waals surface area contributed by atoms with Gasteiger partial charge >= 0.3 is 5.97 Å². The zero-order valence-corrected chi connectivity index (χ0v) is 8.58. The largest absolute Gasteiger partial charge is 0.464 e. The molecule has 1 rings (SSSR count). The summed E-state index contributed by atoms with van der Waals surface area (Å²) in [5.41, 5.74) is 2.99. The van der Waals surface area contributed by atoms with Crippen LogP contribution in [0.5, 0.6) is 0 Å². The molecule has 0 aliphatic carbocycles. The first-order valence-electron chi connectivity index (χ1n) is 3.96. The lowest BCUT2D eigenvalue weighted by Gasteiger charge is -2.00. The van der Waals surface area contributed by atoms with Gasteiger partial charge in [-0.05, 0) is 24.3 Å². The summed E-state index contributed by atoms with van der Waals surface area (Å²) in [6.07, 6.45) is 0. The third kappa shape index (κ3) is 3.55. The Bertz CT molecular complexity index is 378. The Hall–Kier alpha value is -1.62. The molecule has 1 aromatic carbocycles. The molecule has 80 valence electrons. The van der Waals surface area contributed by atoms with E-state index in [1.807, 2.05) is 0 Å². The summed E-state index contributed by atoms with van der Waals surface area (Å²) in [5.74, 6) is -1.10. The maximum Gasteiger partial charge on any atom is 0.370 e. The van der Waals surface area contributed by atoms with Gasteiger partial charge in [0.05, 0.1) is 12.8 Å². The lowest BCUT2D eigenvalue weighted by Crippen LogP contribution is -2.11. The molecule has 1 aromatic rings. The highest BCUT2D eigenvalue weighted by atomic mass is 35.5. The Kier molecular flexibility index (Phi) is 4.05. The van der Waals surface area contributed by atoms with Crippen molar-refractivity contribution >= 4 is 28.4 Å². The molecule has 0 atom stereocenters. The van der Waals surface area contributed by atoms with Gasteiger partial charge in [0.25, 0.3) is 0 Å². The lowest BCUT2D eigenvalue weighted by atomic mass is 10.3. The molecule has 1 N–H and O–H groups in total. The first kappa shape index (κ1) is 11.5. The van der Waals surface area contributed by atoms with Gasteiger partial charge in [-0.1, -0.05) is 11.6 Å². The first-order chi connectivity index (χ1) is 7.13. The highest BCUT2D eigenvalue weighted by Crippen LogP contribution is 2.08. The average molecular weight is 231 g/mol. The summed E-state index contributed by atoms with van der Waals surface area (Å²) in [6, 6.07) is 5.42. The third-order valence-corrected chi connectivity index (χ3v) is 1.72. The number of hydrogen-bond donors (Lipinski definition) is 1. The number of nitrogens with zero attached hydrogens (tertiary/aromatic N) is 1. The van der Waals surface area contributed by atoms with Gasteiger partial charge in [-0.3, -0.25) is 5.43 Å². The molecule has 6 heteroatoms. The van der Waals surface area contributed by atoms with E-state index in [1.165, 1.54) is 31.4 Å². The molecule has 0 fully saturated rings. The Morgan fingerprint density at radius 1 is 1.47 bits per heavy atom. The second kappa shape index (κ2) is 5.31. The normalized spacial score (nSPS) is 11.0. The number of esters is 1. The molecule has 0 saturated carbocycles. The van der Waals surface area contributed by atoms with E-state index >= 15 is 0 Å². The number of nitrogens with one attached hydrogen (secondary N) is 1. The summed E-state index contributed by atoms with van der Waals surface area (Å²) >= 11 is 5.45. The van der Waals surface area contributed by atoms with Gasteiger partial charge < -0.3 is 4.74 Å². The first-order valence-corrected chi connectivity index (χ1v) is 4.34. The van der Waals surface area contributed by atoms with Crippen LogP contribution in [0.25, 0.3) is 0 Å². The van der Waals surface area contributed by atoms with Crippen molar-refractivity contribution in [3.05, 3.63) is 30.1 Å². The minimum Gasteiger partial charge on any atom is -0.464 e. The SMILES string of the molecule is COC(=O)C(Cl)=NNc1ccc(F)cc1. The fourth-order valence-electron chi connectivity index (χ4n) is 0.768. The Balaban J connectivity index is 2.63. The molecular formula is C9H8ClFN2O2. The molecule has 15 heavy (non-hydrogen) atoms. The zero-order valence-electron chi connectivity index (χ0n) is 7.83. The van der Waals surface area contributed by atoms with Crippen LogP contribution in [0, 0.1) is 5.82 Å². The number of halogens is 2. The van der Waals surface area contributed by atoms with Crippen LogP contribution in [-0.4, -0.2) is 18.2 Å². The molecule has 0 saturated heterocycles. The number of benzene rings is 1. The lowest BCUT2D eigenvalue weighted by molar-refractivity contribution is -0.132. The number of anilines is 1. The highest BCUT2D eigenvalue weighted by Gasteiger charge is 2.07. The van der Waals surface area contributed by atoms with E-state index in [2.05, 4.69) is 15.3 Å². The molecular weight excluding hydrogens is 223 g/mol. The number of methoxy groups -OCH3 is 1. The average Bonchev–Trinajstić information content (AvgIpc) is 2.26. The van der Waals surface area contributed by atoms with Gasteiger partial charge in [0.15, 0.2) is 0 Å². The van der Waals surface area contributed by atoms with Crippen LogP contribution in [0.3, 0.4) is 0 Å². The number of carbonyl (C=O) groups is 1. The smallest absolute Gasteiger partial charge is 0.370 e. The number of hydrogen-bond acceptors (Lipinski definition) is 4. The molecule has 0 amide bonds. The van der Waals surface area contributed by atoms with Gasteiger partial charge in [-0.2, -0.15) is 5.10 Å². The van der Waals surface area contributed by atoms with Crippen LogP contribution in [0.15, 0.2) is 29.4 Å². The molecule has 0 aliphatic rings. The maximum atomic E-state index is 12.5. The monoisotopic (exact) mass is 230 g/mol. The van der Waals surface area contributed by atoms with E-state index in [-0.39, 0.29) is 11.0 Å². The van der Waals surface area contributed by atoms with Crippen molar-refractivity contribution in [2.75, 3.05) is 12.5 Å². The van der Waals surface area contributed by atoms with Crippen LogP contribution in [0.2, 0.25) is 0 Å². The summed E-state index contributed by atoms with van der Waals surface area (Å²) in [7, 11) is 1.19. The van der Waals surface area contributed by atoms with E-state index in [4.69, 9.17) is 11.6 Å². The van der Waals surface area contributed by atoms with Crippen molar-refractivity contribution in [2.24, 2.45) is 5.10 Å². The Morgan fingerprint density at radius 2 is 2.07 bits per heavy atom. The highest BCUT2D eigenvalue weighted by molar-refractivity contribution is 6.82. The Morgan fingerprint density at radius 3 is 2.60 bits per heavy atom. The van der Waals surface area contributed by atoms with Crippen molar-refractivity contribution < 1.29 is 13.9 Å². The predicted molar refractivity (Wildman–Crippen MR) is 55.3 cm³/mol. The molecule has 0 bridgehead atoms. The summed E-state index contributed by atoms with van der Waals surface area (Å²) in [4.78, 5) is 10.8. The van der Waals surface area contributed by atoms with Gasteiger partial charge in [-0.25, -0.2) is 9.18 Å². The van der Waals surface area contributed by atoms with Crippen molar-refractivity contribution in [1.82, 2.24) is 0 Å². The van der Waals surface area contributed by atoms with Gasteiger partial charge in [0, 0.05) is 0 Å². The van der Waals surface area contributed by atoms with Crippen molar-refractivity contribution in [1.29, 1.82) is 0 Å². The van der Waals surface area contributed by atoms with E-state index < -0.39 is 5.97 Å². The van der Waals surface area contributed by atoms with Gasteiger partial charge in [-0.15, -0.1) is 0 Å². The molecule has 0 aliphatic heterocycles. The van der Waals surface area contributed by atoms with Crippen molar-refractivity contribution in [3.8, 4) is 0 Å². The molecule has 4 nitrogen and oxygen atoms in total. The van der Waals surface area contributed by atoms with Crippen LogP contribution < -0.4 is 5.43 Å². The summed E-state index contributed by atoms with van der Waals surface area (Å²) in [5, 5.41) is 3.20. The van der Waals surface area contributed by atoms with Crippen LogP contribution >= 0.6 is 11.6 Å². The fraction of sp³-hybridized carbons (Fsp3) is 0.111. The summed E-state index contributed by atoms with van der Waals surface area (Å²) in [6.45, 7) is 0. The van der Waals surface area contributed by atoms with Crippen molar-refractivity contribution in [2.45, 2.75) is 0 Å². The van der Waals surface area contributed by atoms with Crippen molar-refractivity contribution in [3.63, 3.8) is 0 Å². The van der Waals surface area contributed by atoms with Crippen LogP contribution in [0.4, 0.5) is 10.1 Å². The van der Waals surface area contributed by atoms with E-state index in [1.54, 1.807) is 0 Å². The number of rotatable bonds is 3. The van der Waals surface area contributed by atoms with E-state index in [0.29, 0.717) is 5.69 Å². The fourth-order valence-corrected chi connectivity index (χ4v) is 0.887. The topological polar surface area (TPSA) is 50.7 Å². The Labute approximate surface area is 90.7 Å². The third-order valence-electron chi connectivity index (χ3n) is 1.48. The quantitative estimate of drug-likeness (QED) is 0.491. The van der Waals surface area contributed by atoms with Gasteiger partial charge in [0.2, 0.25) is 5.17 Å². The second-order valence-electron chi connectivity index (χ2n) is 2.51. The molecule has 0 spiro atoms. The number of ether oxygens (including phenoxy) is 1. The van der Waals surface area contributed by atoms with Gasteiger partial charge in [0.1, 0.15) is 5.82 Å². The molecule has 0 aromatic heterocycles. The van der Waals surface area contributed by atoms with Crippen LogP contribution in [-0.2, 0) is 9.53 Å². The molecule has 0 radical (unpaired) electrons. The van der Waals surface area contributed by atoms with E-state index in [0.717, 1.165) is 0 Å². The minimum atomic E-state index is -0.744. The number of carbonyl (C=O) groups excluding carboxylic acids is 1. The zero-order chi connectivity index (χ0) is 11.3. The minimum absolute atomic E-state index is 0.332. The van der Waals surface area contributed by atoms with Crippen LogP contribution in [0.1, 0.15) is 0 Å². The second-order valence-corrected chi connectivity index (χ2v) is 2.87.